The number of aliphatic carboxylic acids is 1. The first-order chi connectivity index (χ1) is 25.3. The SMILES string of the molecule is C[C@@H]([C@@H](Cc1ccc(C(=O)Nc2ccccc2)o1)c1ccc2c(c1)OCO2)N(C/C=C/c1ccccc1)C(=O)C(O)=C(CC(=O)O)C(=O)OC(C)(C)C. The van der Waals surface area contributed by atoms with Gasteiger partial charge in [-0.05, 0) is 75.2 Å². The van der Waals surface area contributed by atoms with Crippen LogP contribution in [0.1, 0.15) is 67.5 Å². The molecule has 0 saturated carbocycles. The number of ether oxygens (including phenoxy) is 3. The van der Waals surface area contributed by atoms with Crippen LogP contribution in [0.5, 0.6) is 11.5 Å². The highest BCUT2D eigenvalue weighted by molar-refractivity contribution is 6.04. The summed E-state index contributed by atoms with van der Waals surface area (Å²) in [6.07, 6.45) is 2.78. The maximum Gasteiger partial charge on any atom is 0.339 e. The Morgan fingerprint density at radius 3 is 2.26 bits per heavy atom. The van der Waals surface area contributed by atoms with Crippen LogP contribution in [0.15, 0.2) is 113 Å². The predicted molar refractivity (Wildman–Crippen MR) is 197 cm³/mol. The van der Waals surface area contributed by atoms with Gasteiger partial charge in [-0.25, -0.2) is 4.79 Å². The third-order valence-corrected chi connectivity index (χ3v) is 8.37. The summed E-state index contributed by atoms with van der Waals surface area (Å²) in [4.78, 5) is 53.7. The summed E-state index contributed by atoms with van der Waals surface area (Å²) in [5.41, 5.74) is 0.472. The Balaban J connectivity index is 1.53. The van der Waals surface area contributed by atoms with E-state index < -0.39 is 59.1 Å². The van der Waals surface area contributed by atoms with Crippen LogP contribution in [0.2, 0.25) is 0 Å². The number of para-hydroxylation sites is 1. The summed E-state index contributed by atoms with van der Waals surface area (Å²) in [7, 11) is 0. The lowest BCUT2D eigenvalue weighted by atomic mass is 9.87. The molecule has 12 nitrogen and oxygen atoms in total. The van der Waals surface area contributed by atoms with Gasteiger partial charge in [0.05, 0.1) is 12.0 Å². The number of aliphatic hydroxyl groups is 1. The van der Waals surface area contributed by atoms with Crippen molar-refractivity contribution in [2.75, 3.05) is 18.7 Å². The minimum atomic E-state index is -1.43. The van der Waals surface area contributed by atoms with Crippen molar-refractivity contribution < 1.29 is 48.0 Å². The first-order valence-electron chi connectivity index (χ1n) is 17.0. The molecule has 53 heavy (non-hydrogen) atoms. The summed E-state index contributed by atoms with van der Waals surface area (Å²) in [6.45, 7) is 6.54. The molecule has 0 radical (unpaired) electrons. The van der Waals surface area contributed by atoms with Gasteiger partial charge >= 0.3 is 11.9 Å². The van der Waals surface area contributed by atoms with Crippen molar-refractivity contribution in [1.82, 2.24) is 4.90 Å². The van der Waals surface area contributed by atoms with Crippen molar-refractivity contribution in [2.24, 2.45) is 0 Å². The van der Waals surface area contributed by atoms with Crippen molar-refractivity contribution in [2.45, 2.75) is 58.1 Å². The normalized spacial score (nSPS) is 13.9. The molecule has 2 heterocycles. The number of nitrogens with zero attached hydrogens (tertiary/aromatic N) is 1. The summed E-state index contributed by atoms with van der Waals surface area (Å²) in [5.74, 6) is -4.00. The second-order valence-corrected chi connectivity index (χ2v) is 13.4. The van der Waals surface area contributed by atoms with Gasteiger partial charge in [-0.3, -0.25) is 14.4 Å². The number of carbonyl (C=O) groups excluding carboxylic acids is 3. The van der Waals surface area contributed by atoms with E-state index in [1.165, 1.54) is 4.90 Å². The fourth-order valence-corrected chi connectivity index (χ4v) is 5.78. The van der Waals surface area contributed by atoms with Crippen molar-refractivity contribution in [3.05, 3.63) is 131 Å². The molecule has 0 aliphatic carbocycles. The van der Waals surface area contributed by atoms with Crippen molar-refractivity contribution in [1.29, 1.82) is 0 Å². The number of anilines is 1. The van der Waals surface area contributed by atoms with Gasteiger partial charge in [0.25, 0.3) is 11.8 Å². The van der Waals surface area contributed by atoms with Crippen molar-refractivity contribution in [3.8, 4) is 11.5 Å². The van der Waals surface area contributed by atoms with E-state index in [2.05, 4.69) is 5.32 Å². The van der Waals surface area contributed by atoms with Crippen LogP contribution in [0.4, 0.5) is 5.69 Å². The number of rotatable bonds is 14. The summed E-state index contributed by atoms with van der Waals surface area (Å²) in [5, 5.41) is 23.8. The maximum atomic E-state index is 14.3. The first-order valence-corrected chi connectivity index (χ1v) is 17.0. The van der Waals surface area contributed by atoms with Crippen LogP contribution in [-0.2, 0) is 25.5 Å². The van der Waals surface area contributed by atoms with Gasteiger partial charge in [0.15, 0.2) is 23.0 Å². The first kappa shape index (κ1) is 37.9. The number of benzene rings is 3. The van der Waals surface area contributed by atoms with E-state index in [0.717, 1.165) is 11.1 Å². The van der Waals surface area contributed by atoms with Crippen LogP contribution >= 0.6 is 0 Å². The Hall–Kier alpha value is -6.30. The molecule has 3 aromatic carbocycles. The molecule has 5 rings (SSSR count). The molecule has 276 valence electrons. The van der Waals surface area contributed by atoms with E-state index in [1.54, 1.807) is 88.4 Å². The molecule has 0 bridgehead atoms. The maximum absolute atomic E-state index is 14.3. The Bertz CT molecular complexity index is 1990. The molecule has 0 spiro atoms. The number of hydrogen-bond donors (Lipinski definition) is 3. The summed E-state index contributed by atoms with van der Waals surface area (Å²) < 4.78 is 22.6. The standard InChI is InChI=1S/C41H42N2O10/c1-26(43(21-11-14-27-12-7-5-8-13-27)39(48)37(46)32(24-36(44)45)40(49)53-41(2,3)4)31(28-17-19-33-35(22-28)51-25-50-33)23-30-18-20-34(52-30)38(47)42-29-15-9-6-10-16-29/h5-20,22,26,31,46H,21,23-25H2,1-4H3,(H,42,47)(H,44,45)/b14-11+,37-32?/t26-,31+/m0/s1. The predicted octanol–water partition coefficient (Wildman–Crippen LogP) is 7.15. The summed E-state index contributed by atoms with van der Waals surface area (Å²) >= 11 is 0. The molecule has 1 aliphatic rings. The highest BCUT2D eigenvalue weighted by Gasteiger charge is 2.35. The molecule has 4 aromatic rings. The number of carboxylic acids is 1. The number of fused-ring (bicyclic) bond motifs is 1. The van der Waals surface area contributed by atoms with E-state index in [-0.39, 0.29) is 25.5 Å². The van der Waals surface area contributed by atoms with E-state index >= 15 is 0 Å². The zero-order chi connectivity index (χ0) is 38.1. The van der Waals surface area contributed by atoms with Crippen LogP contribution in [0.3, 0.4) is 0 Å². The monoisotopic (exact) mass is 722 g/mol. The number of carboxylic acid groups (broad SMARTS) is 1. The minimum absolute atomic E-state index is 0.0433. The highest BCUT2D eigenvalue weighted by Crippen LogP contribution is 2.38. The largest absolute Gasteiger partial charge is 0.503 e. The number of nitrogens with one attached hydrogen (secondary N) is 1. The minimum Gasteiger partial charge on any atom is -0.503 e. The van der Waals surface area contributed by atoms with Gasteiger partial charge in [-0.2, -0.15) is 0 Å². The molecule has 0 fully saturated rings. The number of aliphatic hydroxyl groups excluding tert-OH is 1. The Kier molecular flexibility index (Phi) is 12.0. The topological polar surface area (TPSA) is 165 Å². The third kappa shape index (κ3) is 10.2. The van der Waals surface area contributed by atoms with Crippen LogP contribution in [0, 0.1) is 0 Å². The van der Waals surface area contributed by atoms with E-state index in [0.29, 0.717) is 22.9 Å². The Morgan fingerprint density at radius 1 is 0.906 bits per heavy atom. The molecule has 0 unspecified atom stereocenters. The van der Waals surface area contributed by atoms with E-state index in [4.69, 9.17) is 18.6 Å². The summed E-state index contributed by atoms with van der Waals surface area (Å²) in [6, 6.07) is 26.2. The Labute approximate surface area is 307 Å². The second-order valence-electron chi connectivity index (χ2n) is 13.4. The zero-order valence-corrected chi connectivity index (χ0v) is 29.9. The van der Waals surface area contributed by atoms with Gasteiger partial charge in [0.2, 0.25) is 6.79 Å². The van der Waals surface area contributed by atoms with Crippen LogP contribution in [0.25, 0.3) is 6.08 Å². The third-order valence-electron chi connectivity index (χ3n) is 8.37. The van der Waals surface area contributed by atoms with Gasteiger partial charge < -0.3 is 39.1 Å². The number of carbonyl (C=O) groups is 4. The van der Waals surface area contributed by atoms with Gasteiger partial charge in [-0.1, -0.05) is 66.7 Å². The molecular formula is C41H42N2O10. The average molecular weight is 723 g/mol. The second kappa shape index (κ2) is 16.8. The van der Waals surface area contributed by atoms with E-state index in [9.17, 15) is 29.4 Å². The quantitative estimate of drug-likeness (QED) is 0.0692. The van der Waals surface area contributed by atoms with Gasteiger partial charge in [0, 0.05) is 30.6 Å². The molecule has 2 amide bonds. The van der Waals surface area contributed by atoms with Crippen LogP contribution < -0.4 is 14.8 Å². The van der Waals surface area contributed by atoms with Crippen molar-refractivity contribution >= 4 is 35.5 Å². The Morgan fingerprint density at radius 2 is 1.58 bits per heavy atom. The number of esters is 1. The van der Waals surface area contributed by atoms with Gasteiger partial charge in [0.1, 0.15) is 11.4 Å². The average Bonchev–Trinajstić information content (AvgIpc) is 3.80. The molecule has 1 aromatic heterocycles. The lowest BCUT2D eigenvalue weighted by Gasteiger charge is -2.34. The lowest BCUT2D eigenvalue weighted by molar-refractivity contribution is -0.152. The smallest absolute Gasteiger partial charge is 0.339 e. The molecular weight excluding hydrogens is 680 g/mol. The van der Waals surface area contributed by atoms with Crippen LogP contribution in [-0.4, -0.2) is 63.8 Å². The van der Waals surface area contributed by atoms with E-state index in [1.807, 2.05) is 42.5 Å². The number of furan rings is 1. The fourth-order valence-electron chi connectivity index (χ4n) is 5.78. The van der Waals surface area contributed by atoms with Gasteiger partial charge in [-0.15, -0.1) is 0 Å². The number of amides is 2. The molecule has 2 atom stereocenters. The number of hydrogen-bond acceptors (Lipinski definition) is 9. The zero-order valence-electron chi connectivity index (χ0n) is 29.9. The lowest BCUT2D eigenvalue weighted by Crippen LogP contribution is -2.44. The highest BCUT2D eigenvalue weighted by atomic mass is 16.7. The molecule has 3 N–H and O–H groups in total. The molecule has 12 heteroatoms. The molecule has 0 saturated heterocycles. The fraction of sp³-hybridized carbons (Fsp3) is 0.268. The molecule has 1 aliphatic heterocycles. The van der Waals surface area contributed by atoms with Crippen molar-refractivity contribution in [3.63, 3.8) is 0 Å².